The van der Waals surface area contributed by atoms with Crippen LogP contribution in [0, 0.1) is 0 Å². The molecule has 196 valence electrons. The summed E-state index contributed by atoms with van der Waals surface area (Å²) in [6, 6.07) is 9.68. The average Bonchev–Trinajstić information content (AvgIpc) is 3.50. The molecule has 0 fully saturated rings. The van der Waals surface area contributed by atoms with Crippen LogP contribution >= 0.6 is 11.3 Å². The Kier molecular flexibility index (Phi) is 8.28. The summed E-state index contributed by atoms with van der Waals surface area (Å²) in [5.74, 6) is 1.04. The predicted molar refractivity (Wildman–Crippen MR) is 146 cm³/mol. The van der Waals surface area contributed by atoms with E-state index in [1.807, 2.05) is 26.2 Å². The molecule has 1 aromatic heterocycles. The van der Waals surface area contributed by atoms with Gasteiger partial charge in [-0.25, -0.2) is 13.4 Å². The first kappa shape index (κ1) is 26.8. The van der Waals surface area contributed by atoms with E-state index >= 15 is 0 Å². The summed E-state index contributed by atoms with van der Waals surface area (Å²) in [6.07, 6.45) is 3.78. The Morgan fingerprint density at radius 1 is 1.05 bits per heavy atom. The topological polar surface area (TPSA) is 92.3 Å². The molecule has 0 saturated heterocycles. The molecule has 4 rings (SSSR count). The monoisotopic (exact) mass is 542 g/mol. The number of hydrogen-bond acceptors (Lipinski definition) is 8. The summed E-state index contributed by atoms with van der Waals surface area (Å²) >= 11 is 1.40. The van der Waals surface area contributed by atoms with Crippen molar-refractivity contribution in [2.75, 3.05) is 52.0 Å². The van der Waals surface area contributed by atoms with Crippen molar-refractivity contribution in [2.45, 2.75) is 11.3 Å². The Balaban J connectivity index is 1.63. The van der Waals surface area contributed by atoms with Crippen molar-refractivity contribution < 1.29 is 22.7 Å². The smallest absolute Gasteiger partial charge is 0.260 e. The van der Waals surface area contributed by atoms with Crippen LogP contribution in [0.1, 0.15) is 16.8 Å². The molecule has 1 amide bonds. The van der Waals surface area contributed by atoms with Gasteiger partial charge in [0.1, 0.15) is 0 Å². The van der Waals surface area contributed by atoms with Gasteiger partial charge in [0, 0.05) is 37.3 Å². The highest BCUT2D eigenvalue weighted by molar-refractivity contribution is 7.89. The quantitative estimate of drug-likeness (QED) is 0.320. The van der Waals surface area contributed by atoms with Gasteiger partial charge < -0.3 is 14.4 Å². The SMILES string of the molecule is C=CCN(CC=C)S(=O)(=O)c1ccc(C(=O)N(CCCN(C)C)c2nc3cc4c(cc3s2)OCO4)cc1. The first-order chi connectivity index (χ1) is 17.7. The van der Waals surface area contributed by atoms with Gasteiger partial charge in [0.2, 0.25) is 16.8 Å². The number of fused-ring (bicyclic) bond motifs is 2. The minimum atomic E-state index is -3.76. The zero-order valence-corrected chi connectivity index (χ0v) is 22.6. The van der Waals surface area contributed by atoms with Crippen molar-refractivity contribution in [2.24, 2.45) is 0 Å². The maximum Gasteiger partial charge on any atom is 0.260 e. The van der Waals surface area contributed by atoms with Gasteiger partial charge in [0.25, 0.3) is 5.91 Å². The maximum absolute atomic E-state index is 13.6. The number of hydrogen-bond donors (Lipinski definition) is 0. The second kappa shape index (κ2) is 11.4. The molecule has 1 aliphatic rings. The van der Waals surface area contributed by atoms with Crippen molar-refractivity contribution in [3.8, 4) is 11.5 Å². The van der Waals surface area contributed by atoms with Crippen LogP contribution in [0.4, 0.5) is 5.13 Å². The highest BCUT2D eigenvalue weighted by atomic mass is 32.2. The summed E-state index contributed by atoms with van der Waals surface area (Å²) in [7, 11) is 0.197. The molecule has 2 heterocycles. The number of sulfonamides is 1. The van der Waals surface area contributed by atoms with E-state index in [2.05, 4.69) is 18.1 Å². The summed E-state index contributed by atoms with van der Waals surface area (Å²) in [6.45, 7) is 9.01. The average molecular weight is 543 g/mol. The molecule has 0 bridgehead atoms. The third kappa shape index (κ3) is 5.85. The van der Waals surface area contributed by atoms with Gasteiger partial charge in [-0.15, -0.1) is 13.2 Å². The number of benzene rings is 2. The number of rotatable bonds is 12. The number of thiazole rings is 1. The summed E-state index contributed by atoms with van der Waals surface area (Å²) in [4.78, 5) is 22.1. The summed E-state index contributed by atoms with van der Waals surface area (Å²) in [5, 5.41) is 0.558. The molecule has 1 aliphatic heterocycles. The van der Waals surface area contributed by atoms with Crippen LogP contribution in [-0.4, -0.2) is 75.6 Å². The summed E-state index contributed by atoms with van der Waals surface area (Å²) in [5.41, 5.74) is 1.09. The Morgan fingerprint density at radius 2 is 1.70 bits per heavy atom. The van der Waals surface area contributed by atoms with Crippen LogP contribution in [0.5, 0.6) is 11.5 Å². The molecule has 0 unspecified atom stereocenters. The number of carbonyl (C=O) groups is 1. The van der Waals surface area contributed by atoms with Crippen LogP contribution in [0.25, 0.3) is 10.2 Å². The number of ether oxygens (including phenoxy) is 2. The molecule has 37 heavy (non-hydrogen) atoms. The van der Waals surface area contributed by atoms with Crippen molar-refractivity contribution in [1.82, 2.24) is 14.2 Å². The van der Waals surface area contributed by atoms with Crippen LogP contribution in [0.3, 0.4) is 0 Å². The third-order valence-electron chi connectivity index (χ3n) is 5.74. The van der Waals surface area contributed by atoms with Crippen LogP contribution in [0.15, 0.2) is 66.6 Å². The Hall–Kier alpha value is -3.25. The fourth-order valence-corrected chi connectivity index (χ4v) is 6.27. The van der Waals surface area contributed by atoms with Crippen LogP contribution in [-0.2, 0) is 10.0 Å². The van der Waals surface area contributed by atoms with E-state index in [-0.39, 0.29) is 30.7 Å². The lowest BCUT2D eigenvalue weighted by atomic mass is 10.2. The van der Waals surface area contributed by atoms with Gasteiger partial charge in [-0.1, -0.05) is 23.5 Å². The third-order valence-corrected chi connectivity index (χ3v) is 8.63. The molecule has 0 N–H and O–H groups in total. The van der Waals surface area contributed by atoms with Crippen molar-refractivity contribution in [3.63, 3.8) is 0 Å². The first-order valence-electron chi connectivity index (χ1n) is 11.7. The molecule has 0 atom stereocenters. The lowest BCUT2D eigenvalue weighted by Crippen LogP contribution is -2.33. The lowest BCUT2D eigenvalue weighted by Gasteiger charge is -2.22. The molecular weight excluding hydrogens is 512 g/mol. The highest BCUT2D eigenvalue weighted by Gasteiger charge is 2.26. The van der Waals surface area contributed by atoms with E-state index in [0.717, 1.165) is 23.2 Å². The van der Waals surface area contributed by atoms with Gasteiger partial charge in [-0.05, 0) is 51.3 Å². The number of amides is 1. The Labute approximate surface area is 221 Å². The normalized spacial score (nSPS) is 12.9. The largest absolute Gasteiger partial charge is 0.454 e. The van der Waals surface area contributed by atoms with Gasteiger partial charge in [0.15, 0.2) is 16.6 Å². The second-order valence-corrected chi connectivity index (χ2v) is 11.7. The van der Waals surface area contributed by atoms with E-state index in [9.17, 15) is 13.2 Å². The molecule has 0 saturated carbocycles. The summed E-state index contributed by atoms with van der Waals surface area (Å²) < 4.78 is 39.2. The van der Waals surface area contributed by atoms with Gasteiger partial charge in [-0.2, -0.15) is 4.31 Å². The van der Waals surface area contributed by atoms with Gasteiger partial charge in [0.05, 0.1) is 15.1 Å². The molecule has 0 spiro atoms. The van der Waals surface area contributed by atoms with E-state index in [4.69, 9.17) is 14.5 Å². The zero-order valence-electron chi connectivity index (χ0n) is 20.9. The van der Waals surface area contributed by atoms with Gasteiger partial charge in [-0.3, -0.25) is 9.69 Å². The first-order valence-corrected chi connectivity index (χ1v) is 14.0. The Morgan fingerprint density at radius 3 is 2.32 bits per heavy atom. The lowest BCUT2D eigenvalue weighted by molar-refractivity contribution is 0.0986. The van der Waals surface area contributed by atoms with Crippen molar-refractivity contribution in [3.05, 3.63) is 67.3 Å². The standard InChI is InChI=1S/C26H30N4O5S2/c1-5-12-29(13-6-2)37(32,33)20-10-8-19(9-11-20)25(31)30(15-7-14-28(3)4)26-27-21-16-22-23(35-18-34-22)17-24(21)36-26/h5-6,8-11,16-17H,1-2,7,12-15,18H2,3-4H3. The predicted octanol–water partition coefficient (Wildman–Crippen LogP) is 3.99. The van der Waals surface area contributed by atoms with E-state index in [0.29, 0.717) is 28.7 Å². The molecule has 2 aromatic carbocycles. The minimum Gasteiger partial charge on any atom is -0.454 e. The zero-order chi connectivity index (χ0) is 26.6. The second-order valence-electron chi connectivity index (χ2n) is 8.71. The fraction of sp³-hybridized carbons (Fsp3) is 0.308. The number of anilines is 1. The Bertz CT molecular complexity index is 1350. The number of aromatic nitrogens is 1. The molecule has 11 heteroatoms. The van der Waals surface area contributed by atoms with E-state index < -0.39 is 10.0 Å². The number of carbonyl (C=O) groups excluding carboxylic acids is 1. The van der Waals surface area contributed by atoms with Crippen molar-refractivity contribution >= 4 is 42.6 Å². The molecular formula is C26H30N4O5S2. The van der Waals surface area contributed by atoms with Crippen LogP contribution in [0.2, 0.25) is 0 Å². The molecule has 9 nitrogen and oxygen atoms in total. The molecule has 0 radical (unpaired) electrons. The molecule has 3 aromatic rings. The molecule has 0 aliphatic carbocycles. The highest BCUT2D eigenvalue weighted by Crippen LogP contribution is 2.40. The minimum absolute atomic E-state index is 0.0985. The maximum atomic E-state index is 13.6. The number of nitrogens with zero attached hydrogens (tertiary/aromatic N) is 4. The van der Waals surface area contributed by atoms with Crippen LogP contribution < -0.4 is 14.4 Å². The van der Waals surface area contributed by atoms with E-state index in [1.165, 1.54) is 52.1 Å². The van der Waals surface area contributed by atoms with E-state index in [1.54, 1.807) is 4.90 Å². The van der Waals surface area contributed by atoms with Gasteiger partial charge >= 0.3 is 0 Å². The van der Waals surface area contributed by atoms with Crippen molar-refractivity contribution in [1.29, 1.82) is 0 Å². The fourth-order valence-electron chi connectivity index (χ4n) is 3.88.